The van der Waals surface area contributed by atoms with Crippen LogP contribution < -0.4 is 20.1 Å². The van der Waals surface area contributed by atoms with Crippen LogP contribution in [0.1, 0.15) is 49.1 Å². The first kappa shape index (κ1) is 21.2. The zero-order valence-corrected chi connectivity index (χ0v) is 18.2. The summed E-state index contributed by atoms with van der Waals surface area (Å²) in [5.74, 6) is 1.92. The van der Waals surface area contributed by atoms with Gasteiger partial charge >= 0.3 is 0 Å². The summed E-state index contributed by atoms with van der Waals surface area (Å²) in [4.78, 5) is 26.8. The lowest BCUT2D eigenvalue weighted by atomic mass is 9.94. The molecule has 1 aromatic heterocycles. The van der Waals surface area contributed by atoms with E-state index in [0.29, 0.717) is 0 Å². The number of benzene rings is 1. The molecule has 166 valence electrons. The third-order valence-electron chi connectivity index (χ3n) is 5.46. The number of furan rings is 1. The van der Waals surface area contributed by atoms with E-state index in [2.05, 4.69) is 15.5 Å². The molecule has 0 unspecified atom stereocenters. The van der Waals surface area contributed by atoms with Crippen molar-refractivity contribution in [1.29, 1.82) is 0 Å². The van der Waals surface area contributed by atoms with Crippen molar-refractivity contribution in [2.45, 2.75) is 45.2 Å². The summed E-state index contributed by atoms with van der Waals surface area (Å²) in [6, 6.07) is 9.47. The Morgan fingerprint density at radius 1 is 1.13 bits per heavy atom. The molecule has 2 N–H and O–H groups in total. The van der Waals surface area contributed by atoms with Crippen molar-refractivity contribution in [3.05, 3.63) is 47.4 Å². The maximum atomic E-state index is 12.3. The van der Waals surface area contributed by atoms with Crippen LogP contribution in [-0.2, 0) is 16.8 Å². The van der Waals surface area contributed by atoms with E-state index in [4.69, 9.17) is 13.9 Å². The predicted octanol–water partition coefficient (Wildman–Crippen LogP) is 2.43. The van der Waals surface area contributed by atoms with Gasteiger partial charge in [-0.1, -0.05) is 26.8 Å². The summed E-state index contributed by atoms with van der Waals surface area (Å²) in [6.45, 7) is 8.67. The molecule has 8 heteroatoms. The molecular weight excluding hydrogens is 398 g/mol. The molecule has 1 aromatic carbocycles. The lowest BCUT2D eigenvalue weighted by Crippen LogP contribution is -2.43. The fraction of sp³-hybridized carbons (Fsp3) is 0.478. The Morgan fingerprint density at radius 2 is 1.94 bits per heavy atom. The van der Waals surface area contributed by atoms with Gasteiger partial charge in [-0.15, -0.1) is 0 Å². The first-order valence-corrected chi connectivity index (χ1v) is 10.6. The number of hydrogen-bond donors (Lipinski definition) is 2. The molecule has 0 bridgehead atoms. The summed E-state index contributed by atoms with van der Waals surface area (Å²) in [6.07, 6.45) is 0.872. The minimum absolute atomic E-state index is 0.0644. The van der Waals surface area contributed by atoms with Gasteiger partial charge in [0.15, 0.2) is 17.3 Å². The molecule has 0 saturated carbocycles. The highest BCUT2D eigenvalue weighted by Gasteiger charge is 2.25. The lowest BCUT2D eigenvalue weighted by molar-refractivity contribution is -0.120. The number of nitrogens with zero attached hydrogens (tertiary/aromatic N) is 1. The van der Waals surface area contributed by atoms with Crippen LogP contribution in [-0.4, -0.2) is 49.2 Å². The van der Waals surface area contributed by atoms with E-state index in [1.54, 1.807) is 12.1 Å². The van der Waals surface area contributed by atoms with Crippen LogP contribution in [0.5, 0.6) is 11.5 Å². The molecule has 8 nitrogen and oxygen atoms in total. The second-order valence-electron chi connectivity index (χ2n) is 9.07. The van der Waals surface area contributed by atoms with Crippen molar-refractivity contribution >= 4 is 11.8 Å². The van der Waals surface area contributed by atoms with Gasteiger partial charge in [-0.05, 0) is 36.2 Å². The Bertz CT molecular complexity index is 962. The van der Waals surface area contributed by atoms with E-state index < -0.39 is 0 Å². The van der Waals surface area contributed by atoms with E-state index in [0.717, 1.165) is 48.9 Å². The second kappa shape index (κ2) is 8.63. The quantitative estimate of drug-likeness (QED) is 0.736. The zero-order chi connectivity index (χ0) is 22.0. The van der Waals surface area contributed by atoms with Gasteiger partial charge in [0, 0.05) is 31.1 Å². The van der Waals surface area contributed by atoms with Crippen molar-refractivity contribution in [1.82, 2.24) is 15.5 Å². The average molecular weight is 428 g/mol. The summed E-state index contributed by atoms with van der Waals surface area (Å²) in [5.41, 5.74) is 0.974. The van der Waals surface area contributed by atoms with Gasteiger partial charge in [0.1, 0.15) is 5.76 Å². The first-order valence-electron chi connectivity index (χ1n) is 10.6. The van der Waals surface area contributed by atoms with Crippen LogP contribution >= 0.6 is 0 Å². The first-order chi connectivity index (χ1) is 14.8. The standard InChI is InChI=1S/C23H29N3O5/c1-23(2,3)20-7-6-18(31-20)22(28)24-11-21(27)25-16-8-9-26(13-16)12-15-4-5-17-19(10-15)30-14-29-17/h4-7,10,16H,8-9,11-14H2,1-3H3,(H,24,28)(H,25,27)/t16-/m1/s1. The molecule has 2 amide bonds. The molecular formula is C23H29N3O5. The molecule has 0 radical (unpaired) electrons. The number of carbonyl (C=O) groups is 2. The van der Waals surface area contributed by atoms with Crippen LogP contribution in [0.3, 0.4) is 0 Å². The summed E-state index contributed by atoms with van der Waals surface area (Å²) >= 11 is 0. The molecule has 31 heavy (non-hydrogen) atoms. The number of fused-ring (bicyclic) bond motifs is 1. The molecule has 2 aliphatic heterocycles. The lowest BCUT2D eigenvalue weighted by Gasteiger charge is -2.17. The highest BCUT2D eigenvalue weighted by molar-refractivity contribution is 5.94. The van der Waals surface area contributed by atoms with Crippen molar-refractivity contribution in [2.75, 3.05) is 26.4 Å². The number of ether oxygens (including phenoxy) is 2. The van der Waals surface area contributed by atoms with E-state index in [1.165, 1.54) is 0 Å². The molecule has 1 atom stereocenters. The minimum atomic E-state index is -0.387. The largest absolute Gasteiger partial charge is 0.455 e. The minimum Gasteiger partial charge on any atom is -0.455 e. The monoisotopic (exact) mass is 427 g/mol. The summed E-state index contributed by atoms with van der Waals surface area (Å²) in [5, 5.41) is 5.63. The van der Waals surface area contributed by atoms with E-state index >= 15 is 0 Å². The molecule has 2 aliphatic rings. The van der Waals surface area contributed by atoms with E-state index in [-0.39, 0.29) is 42.4 Å². The third kappa shape index (κ3) is 5.19. The fourth-order valence-corrected chi connectivity index (χ4v) is 3.78. The summed E-state index contributed by atoms with van der Waals surface area (Å²) < 4.78 is 16.4. The van der Waals surface area contributed by atoms with E-state index in [1.807, 2.05) is 39.0 Å². The van der Waals surface area contributed by atoms with Gasteiger partial charge in [0.05, 0.1) is 6.54 Å². The van der Waals surface area contributed by atoms with Gasteiger partial charge in [-0.3, -0.25) is 14.5 Å². The SMILES string of the molecule is CC(C)(C)c1ccc(C(=O)NCC(=O)N[C@@H]2CCN(Cc3ccc4c(c3)OCO4)C2)o1. The summed E-state index contributed by atoms with van der Waals surface area (Å²) in [7, 11) is 0. The number of nitrogens with one attached hydrogen (secondary N) is 2. The second-order valence-corrected chi connectivity index (χ2v) is 9.07. The highest BCUT2D eigenvalue weighted by atomic mass is 16.7. The van der Waals surface area contributed by atoms with Crippen LogP contribution in [0.2, 0.25) is 0 Å². The van der Waals surface area contributed by atoms with Gasteiger partial charge in [-0.2, -0.15) is 0 Å². The van der Waals surface area contributed by atoms with Crippen LogP contribution in [0.15, 0.2) is 34.7 Å². The van der Waals surface area contributed by atoms with Gasteiger partial charge in [0.2, 0.25) is 12.7 Å². The zero-order valence-electron chi connectivity index (χ0n) is 18.2. The van der Waals surface area contributed by atoms with Gasteiger partial charge in [0.25, 0.3) is 5.91 Å². The Morgan fingerprint density at radius 3 is 2.71 bits per heavy atom. The van der Waals surface area contributed by atoms with Crippen molar-refractivity contribution in [3.63, 3.8) is 0 Å². The average Bonchev–Trinajstić information content (AvgIpc) is 3.46. The van der Waals surface area contributed by atoms with Crippen LogP contribution in [0.4, 0.5) is 0 Å². The molecule has 1 fully saturated rings. The fourth-order valence-electron chi connectivity index (χ4n) is 3.78. The Balaban J connectivity index is 1.21. The maximum Gasteiger partial charge on any atom is 0.287 e. The molecule has 2 aromatic rings. The number of carbonyl (C=O) groups excluding carboxylic acids is 2. The Labute approximate surface area is 181 Å². The smallest absolute Gasteiger partial charge is 0.287 e. The third-order valence-corrected chi connectivity index (χ3v) is 5.46. The van der Waals surface area contributed by atoms with E-state index in [9.17, 15) is 9.59 Å². The number of amides is 2. The molecule has 3 heterocycles. The topological polar surface area (TPSA) is 93.0 Å². The number of hydrogen-bond acceptors (Lipinski definition) is 6. The van der Waals surface area contributed by atoms with Crippen molar-refractivity contribution < 1.29 is 23.5 Å². The van der Waals surface area contributed by atoms with Crippen molar-refractivity contribution in [3.8, 4) is 11.5 Å². The van der Waals surface area contributed by atoms with Crippen LogP contribution in [0.25, 0.3) is 0 Å². The molecule has 0 aliphatic carbocycles. The Kier molecular flexibility index (Phi) is 5.91. The maximum absolute atomic E-state index is 12.3. The van der Waals surface area contributed by atoms with Gasteiger partial charge in [-0.25, -0.2) is 0 Å². The molecule has 0 spiro atoms. The van der Waals surface area contributed by atoms with Crippen LogP contribution in [0, 0.1) is 0 Å². The van der Waals surface area contributed by atoms with Gasteiger partial charge < -0.3 is 24.5 Å². The number of rotatable bonds is 6. The molecule has 4 rings (SSSR count). The molecule has 1 saturated heterocycles. The normalized spacial score (nSPS) is 18.2. The highest BCUT2D eigenvalue weighted by Crippen LogP contribution is 2.33. The Hall–Kier alpha value is -3.00. The predicted molar refractivity (Wildman–Crippen MR) is 114 cm³/mol. The number of likely N-dealkylation sites (tertiary alicyclic amines) is 1. The van der Waals surface area contributed by atoms with Crippen molar-refractivity contribution in [2.24, 2.45) is 0 Å².